The first kappa shape index (κ1) is 18.9. The van der Waals surface area contributed by atoms with Gasteiger partial charge in [-0.3, -0.25) is 4.79 Å². The van der Waals surface area contributed by atoms with Gasteiger partial charge in [0.25, 0.3) is 5.91 Å². The van der Waals surface area contributed by atoms with Crippen LogP contribution >= 0.6 is 0 Å². The maximum atomic E-state index is 13.0. The fourth-order valence-corrected chi connectivity index (χ4v) is 3.61. The number of rotatable bonds is 6. The first-order valence-corrected chi connectivity index (χ1v) is 9.79. The molecular formula is C23H24N4O2. The SMILES string of the molecule is CC[C@@H](NC(=O)C1=Cc2ccccc2OC1)[C@@H](c1ccc(C)cc1)n1cncn1. The lowest BCUT2D eigenvalue weighted by Gasteiger charge is -2.28. The van der Waals surface area contributed by atoms with Gasteiger partial charge in [-0.25, -0.2) is 9.67 Å². The molecule has 0 radical (unpaired) electrons. The summed E-state index contributed by atoms with van der Waals surface area (Å²) >= 11 is 0. The minimum absolute atomic E-state index is 0.122. The highest BCUT2D eigenvalue weighted by Gasteiger charge is 2.28. The first-order valence-electron chi connectivity index (χ1n) is 9.79. The molecule has 0 fully saturated rings. The topological polar surface area (TPSA) is 69.0 Å². The van der Waals surface area contributed by atoms with Crippen LogP contribution in [0.25, 0.3) is 6.08 Å². The molecule has 1 aliphatic heterocycles. The van der Waals surface area contributed by atoms with E-state index in [1.165, 1.54) is 11.9 Å². The Kier molecular flexibility index (Phi) is 5.42. The maximum Gasteiger partial charge on any atom is 0.250 e. The molecule has 6 heteroatoms. The number of aryl methyl sites for hydroxylation is 1. The third kappa shape index (κ3) is 4.06. The summed E-state index contributed by atoms with van der Waals surface area (Å²) in [7, 11) is 0. The number of carbonyl (C=O) groups is 1. The molecule has 1 N–H and O–H groups in total. The van der Waals surface area contributed by atoms with Crippen molar-refractivity contribution in [3.63, 3.8) is 0 Å². The van der Waals surface area contributed by atoms with E-state index >= 15 is 0 Å². The number of para-hydroxylation sites is 1. The molecule has 2 atom stereocenters. The molecule has 4 rings (SSSR count). The number of carbonyl (C=O) groups excluding carboxylic acids is 1. The second kappa shape index (κ2) is 8.31. The molecule has 148 valence electrons. The van der Waals surface area contributed by atoms with Gasteiger partial charge in [0.15, 0.2) is 0 Å². The summed E-state index contributed by atoms with van der Waals surface area (Å²) < 4.78 is 7.55. The number of benzene rings is 2. The predicted octanol–water partition coefficient (Wildman–Crippen LogP) is 3.55. The number of nitrogens with zero attached hydrogens (tertiary/aromatic N) is 3. The van der Waals surface area contributed by atoms with Crippen LogP contribution in [0.2, 0.25) is 0 Å². The largest absolute Gasteiger partial charge is 0.488 e. The van der Waals surface area contributed by atoms with Crippen LogP contribution in [0.1, 0.15) is 36.1 Å². The van der Waals surface area contributed by atoms with Crippen LogP contribution < -0.4 is 10.1 Å². The molecular weight excluding hydrogens is 364 g/mol. The molecule has 6 nitrogen and oxygen atoms in total. The zero-order valence-electron chi connectivity index (χ0n) is 16.6. The number of amides is 1. The van der Waals surface area contributed by atoms with Crippen molar-refractivity contribution in [3.8, 4) is 5.75 Å². The van der Waals surface area contributed by atoms with Crippen LogP contribution in [0.15, 0.2) is 66.8 Å². The molecule has 0 saturated carbocycles. The molecule has 2 aromatic carbocycles. The Morgan fingerprint density at radius 3 is 2.72 bits per heavy atom. The molecule has 0 saturated heterocycles. The Morgan fingerprint density at radius 1 is 1.21 bits per heavy atom. The fourth-order valence-electron chi connectivity index (χ4n) is 3.61. The lowest BCUT2D eigenvalue weighted by atomic mass is 9.96. The molecule has 1 amide bonds. The van der Waals surface area contributed by atoms with E-state index in [-0.39, 0.29) is 24.6 Å². The van der Waals surface area contributed by atoms with Crippen molar-refractivity contribution in [1.29, 1.82) is 0 Å². The smallest absolute Gasteiger partial charge is 0.250 e. The fraction of sp³-hybridized carbons (Fsp3) is 0.261. The predicted molar refractivity (Wildman–Crippen MR) is 111 cm³/mol. The van der Waals surface area contributed by atoms with E-state index in [0.717, 1.165) is 23.3 Å². The minimum atomic E-state index is -0.149. The average molecular weight is 388 g/mol. The third-order valence-electron chi connectivity index (χ3n) is 5.20. The Morgan fingerprint density at radius 2 is 2.00 bits per heavy atom. The Balaban J connectivity index is 1.60. The van der Waals surface area contributed by atoms with Crippen LogP contribution in [0.5, 0.6) is 5.75 Å². The summed E-state index contributed by atoms with van der Waals surface area (Å²) in [5, 5.41) is 7.54. The summed E-state index contributed by atoms with van der Waals surface area (Å²) in [4.78, 5) is 17.1. The van der Waals surface area contributed by atoms with E-state index in [0.29, 0.717) is 5.57 Å². The molecule has 0 unspecified atom stereocenters. The Hall–Kier alpha value is -3.41. The summed E-state index contributed by atoms with van der Waals surface area (Å²) in [5.74, 6) is 0.680. The van der Waals surface area contributed by atoms with Gasteiger partial charge >= 0.3 is 0 Å². The van der Waals surface area contributed by atoms with Crippen LogP contribution in [-0.4, -0.2) is 33.3 Å². The standard InChI is InChI=1S/C23H24N4O2/c1-3-20(22(27-15-24-14-25-27)17-10-8-16(2)9-11-17)26-23(28)19-12-18-6-4-5-7-21(18)29-13-19/h4-12,14-15,20,22H,3,13H2,1-2H3,(H,26,28)/t20-,22-/m1/s1. The van der Waals surface area contributed by atoms with Crippen molar-refractivity contribution in [1.82, 2.24) is 20.1 Å². The number of ether oxygens (including phenoxy) is 1. The van der Waals surface area contributed by atoms with Gasteiger partial charge in [-0.15, -0.1) is 0 Å². The van der Waals surface area contributed by atoms with Gasteiger partial charge < -0.3 is 10.1 Å². The van der Waals surface area contributed by atoms with Crippen LogP contribution in [0, 0.1) is 6.92 Å². The van der Waals surface area contributed by atoms with Gasteiger partial charge in [0.05, 0.1) is 17.7 Å². The van der Waals surface area contributed by atoms with E-state index in [4.69, 9.17) is 4.74 Å². The molecule has 29 heavy (non-hydrogen) atoms. The average Bonchev–Trinajstić information content (AvgIpc) is 3.28. The number of aromatic nitrogens is 3. The highest BCUT2D eigenvalue weighted by atomic mass is 16.5. The van der Waals surface area contributed by atoms with Crippen molar-refractivity contribution in [3.05, 3.63) is 83.4 Å². The monoisotopic (exact) mass is 388 g/mol. The molecule has 1 aliphatic rings. The van der Waals surface area contributed by atoms with Gasteiger partial charge in [-0.1, -0.05) is 55.0 Å². The van der Waals surface area contributed by atoms with Gasteiger partial charge in [0.2, 0.25) is 0 Å². The number of hydrogen-bond acceptors (Lipinski definition) is 4. The zero-order chi connectivity index (χ0) is 20.2. The van der Waals surface area contributed by atoms with E-state index in [1.807, 2.05) is 30.3 Å². The van der Waals surface area contributed by atoms with Crippen LogP contribution in [0.3, 0.4) is 0 Å². The number of nitrogens with one attached hydrogen (secondary N) is 1. The second-order valence-electron chi connectivity index (χ2n) is 7.22. The summed E-state index contributed by atoms with van der Waals surface area (Å²) in [6.07, 6.45) is 5.86. The minimum Gasteiger partial charge on any atom is -0.488 e. The third-order valence-corrected chi connectivity index (χ3v) is 5.20. The maximum absolute atomic E-state index is 13.0. The first-order chi connectivity index (χ1) is 14.2. The van der Waals surface area contributed by atoms with Crippen molar-refractivity contribution < 1.29 is 9.53 Å². The Bertz CT molecular complexity index is 1010. The molecule has 0 bridgehead atoms. The van der Waals surface area contributed by atoms with E-state index in [2.05, 4.69) is 53.5 Å². The lowest BCUT2D eigenvalue weighted by molar-refractivity contribution is -0.118. The number of fused-ring (bicyclic) bond motifs is 1. The van der Waals surface area contributed by atoms with E-state index < -0.39 is 0 Å². The van der Waals surface area contributed by atoms with Crippen LogP contribution in [0.4, 0.5) is 0 Å². The summed E-state index contributed by atoms with van der Waals surface area (Å²) in [6, 6.07) is 15.7. The van der Waals surface area contributed by atoms with Gasteiger partial charge in [-0.05, 0) is 31.1 Å². The van der Waals surface area contributed by atoms with E-state index in [1.54, 1.807) is 11.0 Å². The van der Waals surface area contributed by atoms with Crippen molar-refractivity contribution in [2.75, 3.05) is 6.61 Å². The highest BCUT2D eigenvalue weighted by molar-refractivity contribution is 5.99. The molecule has 0 spiro atoms. The molecule has 0 aliphatic carbocycles. The summed E-state index contributed by atoms with van der Waals surface area (Å²) in [5.41, 5.74) is 3.80. The highest BCUT2D eigenvalue weighted by Crippen LogP contribution is 2.27. The molecule has 1 aromatic heterocycles. The van der Waals surface area contributed by atoms with Gasteiger partial charge in [0, 0.05) is 5.56 Å². The molecule has 3 aromatic rings. The van der Waals surface area contributed by atoms with Crippen molar-refractivity contribution in [2.45, 2.75) is 32.4 Å². The molecule has 2 heterocycles. The lowest BCUT2D eigenvalue weighted by Crippen LogP contribution is -2.43. The second-order valence-corrected chi connectivity index (χ2v) is 7.22. The summed E-state index contributed by atoms with van der Waals surface area (Å²) in [6.45, 7) is 4.38. The van der Waals surface area contributed by atoms with Crippen LogP contribution in [-0.2, 0) is 4.79 Å². The quantitative estimate of drug-likeness (QED) is 0.701. The van der Waals surface area contributed by atoms with Gasteiger partial charge in [-0.2, -0.15) is 5.10 Å². The van der Waals surface area contributed by atoms with Gasteiger partial charge in [0.1, 0.15) is 25.0 Å². The number of hydrogen-bond donors (Lipinski definition) is 1. The zero-order valence-corrected chi connectivity index (χ0v) is 16.6. The normalized spacial score (nSPS) is 14.9. The van der Waals surface area contributed by atoms with Crippen molar-refractivity contribution in [2.24, 2.45) is 0 Å². The van der Waals surface area contributed by atoms with E-state index in [9.17, 15) is 4.79 Å². The van der Waals surface area contributed by atoms with Crippen molar-refractivity contribution >= 4 is 12.0 Å². The Labute approximate surface area is 170 Å².